The number of hydrogen-bond donors (Lipinski definition) is 3. The molecular formula is C14H20N4O2. The van der Waals surface area contributed by atoms with Gasteiger partial charge in [0.25, 0.3) is 5.91 Å². The van der Waals surface area contributed by atoms with Crippen LogP contribution < -0.4 is 16.6 Å². The molecule has 1 atom stereocenters. The minimum Gasteiger partial charge on any atom is -0.358 e. The van der Waals surface area contributed by atoms with Gasteiger partial charge in [0.05, 0.1) is 6.04 Å². The molecule has 0 aromatic heterocycles. The molecule has 1 heterocycles. The van der Waals surface area contributed by atoms with E-state index >= 15 is 0 Å². The first-order valence-electron chi connectivity index (χ1n) is 6.71. The number of carbonyl (C=O) groups is 2. The summed E-state index contributed by atoms with van der Waals surface area (Å²) in [6, 6.07) is 7.21. The molecule has 6 nitrogen and oxygen atoms in total. The summed E-state index contributed by atoms with van der Waals surface area (Å²) in [7, 11) is 1.67. The van der Waals surface area contributed by atoms with Gasteiger partial charge in [-0.3, -0.25) is 19.9 Å². The summed E-state index contributed by atoms with van der Waals surface area (Å²) < 4.78 is 0. The number of hydrogen-bond acceptors (Lipinski definition) is 4. The maximum atomic E-state index is 11.8. The van der Waals surface area contributed by atoms with Crippen molar-refractivity contribution in [2.75, 3.05) is 13.6 Å². The first-order valence-corrected chi connectivity index (χ1v) is 6.71. The van der Waals surface area contributed by atoms with Crippen LogP contribution in [0.1, 0.15) is 28.8 Å². The lowest BCUT2D eigenvalue weighted by Crippen LogP contribution is -2.41. The third-order valence-electron chi connectivity index (χ3n) is 3.65. The zero-order valence-corrected chi connectivity index (χ0v) is 11.6. The Morgan fingerprint density at radius 3 is 2.65 bits per heavy atom. The quantitative estimate of drug-likeness (QED) is 0.410. The molecule has 0 aliphatic carbocycles. The summed E-state index contributed by atoms with van der Waals surface area (Å²) in [6.45, 7) is 1.63. The molecule has 2 amide bonds. The minimum absolute atomic E-state index is 0.0491. The van der Waals surface area contributed by atoms with Crippen LogP contribution in [0.15, 0.2) is 24.3 Å². The standard InChI is InChI=1S/C14H20N4O2/c1-16-14(20)12-3-2-8-18(12)9-10-4-6-11(7-5-10)13(19)17-15/h4-7,12H,2-3,8-9,15H2,1H3,(H,16,20)(H,17,19). The van der Waals surface area contributed by atoms with Crippen molar-refractivity contribution in [1.82, 2.24) is 15.6 Å². The highest BCUT2D eigenvalue weighted by Crippen LogP contribution is 2.20. The number of likely N-dealkylation sites (tertiary alicyclic amines) is 1. The number of nitrogens with one attached hydrogen (secondary N) is 2. The zero-order valence-electron chi connectivity index (χ0n) is 11.6. The number of benzene rings is 1. The van der Waals surface area contributed by atoms with Crippen molar-refractivity contribution in [3.63, 3.8) is 0 Å². The van der Waals surface area contributed by atoms with Gasteiger partial charge in [-0.2, -0.15) is 0 Å². The summed E-state index contributed by atoms with van der Waals surface area (Å²) in [6.07, 6.45) is 1.93. The Balaban J connectivity index is 2.02. The summed E-state index contributed by atoms with van der Waals surface area (Å²) in [5, 5.41) is 2.71. The molecule has 4 N–H and O–H groups in total. The Morgan fingerprint density at radius 1 is 1.35 bits per heavy atom. The van der Waals surface area contributed by atoms with Gasteiger partial charge in [0, 0.05) is 19.2 Å². The fourth-order valence-corrected chi connectivity index (χ4v) is 2.56. The van der Waals surface area contributed by atoms with E-state index in [-0.39, 0.29) is 17.9 Å². The van der Waals surface area contributed by atoms with Crippen LogP contribution in [0.4, 0.5) is 0 Å². The predicted molar refractivity (Wildman–Crippen MR) is 75.6 cm³/mol. The van der Waals surface area contributed by atoms with E-state index in [1.165, 1.54) is 0 Å². The van der Waals surface area contributed by atoms with Crippen LogP contribution in [-0.4, -0.2) is 36.3 Å². The first-order chi connectivity index (χ1) is 9.65. The molecule has 1 aliphatic rings. The van der Waals surface area contributed by atoms with Crippen molar-refractivity contribution in [2.24, 2.45) is 5.84 Å². The van der Waals surface area contributed by atoms with Gasteiger partial charge in [0.15, 0.2) is 0 Å². The number of rotatable bonds is 4. The topological polar surface area (TPSA) is 87.5 Å². The summed E-state index contributed by atoms with van der Waals surface area (Å²) >= 11 is 0. The molecule has 0 radical (unpaired) electrons. The lowest BCUT2D eigenvalue weighted by Gasteiger charge is -2.23. The summed E-state index contributed by atoms with van der Waals surface area (Å²) in [5.74, 6) is 4.86. The summed E-state index contributed by atoms with van der Waals surface area (Å²) in [4.78, 5) is 25.3. The van der Waals surface area contributed by atoms with Crippen LogP contribution in [0, 0.1) is 0 Å². The molecule has 1 aromatic carbocycles. The number of nitrogens with two attached hydrogens (primary N) is 1. The molecule has 1 aromatic rings. The van der Waals surface area contributed by atoms with E-state index in [1.807, 2.05) is 12.1 Å². The molecule has 0 bridgehead atoms. The van der Waals surface area contributed by atoms with Crippen molar-refractivity contribution in [2.45, 2.75) is 25.4 Å². The van der Waals surface area contributed by atoms with Crippen LogP contribution in [0.25, 0.3) is 0 Å². The number of nitrogens with zero attached hydrogens (tertiary/aromatic N) is 1. The smallest absolute Gasteiger partial charge is 0.265 e. The van der Waals surface area contributed by atoms with Gasteiger partial charge in [-0.15, -0.1) is 0 Å². The van der Waals surface area contributed by atoms with E-state index in [0.717, 1.165) is 24.9 Å². The third kappa shape index (κ3) is 3.15. The molecule has 108 valence electrons. The highest BCUT2D eigenvalue weighted by Gasteiger charge is 2.29. The Morgan fingerprint density at radius 2 is 2.05 bits per heavy atom. The van der Waals surface area contributed by atoms with Crippen LogP contribution >= 0.6 is 0 Å². The summed E-state index contributed by atoms with van der Waals surface area (Å²) in [5.41, 5.74) is 3.71. The van der Waals surface area contributed by atoms with Crippen molar-refractivity contribution in [1.29, 1.82) is 0 Å². The highest BCUT2D eigenvalue weighted by atomic mass is 16.2. The number of amides is 2. The van der Waals surface area contributed by atoms with Gasteiger partial charge < -0.3 is 5.32 Å². The van der Waals surface area contributed by atoms with Gasteiger partial charge in [0.2, 0.25) is 5.91 Å². The average molecular weight is 276 g/mol. The Labute approximate surface area is 118 Å². The average Bonchev–Trinajstić information content (AvgIpc) is 2.94. The SMILES string of the molecule is CNC(=O)C1CCCN1Cc1ccc(C(=O)NN)cc1. The molecule has 1 saturated heterocycles. The van der Waals surface area contributed by atoms with Crippen molar-refractivity contribution in [3.8, 4) is 0 Å². The molecule has 0 saturated carbocycles. The van der Waals surface area contributed by atoms with E-state index in [9.17, 15) is 9.59 Å². The Bertz CT molecular complexity index is 486. The maximum absolute atomic E-state index is 11.8. The lowest BCUT2D eigenvalue weighted by molar-refractivity contribution is -0.125. The molecular weight excluding hydrogens is 256 g/mol. The molecule has 1 unspecified atom stereocenters. The van der Waals surface area contributed by atoms with E-state index in [4.69, 9.17) is 5.84 Å². The molecule has 1 fully saturated rings. The molecule has 20 heavy (non-hydrogen) atoms. The second-order valence-electron chi connectivity index (χ2n) is 4.91. The fourth-order valence-electron chi connectivity index (χ4n) is 2.56. The van der Waals surface area contributed by atoms with Crippen molar-refractivity contribution >= 4 is 11.8 Å². The number of nitrogen functional groups attached to an aromatic ring is 1. The number of hydrazine groups is 1. The second kappa shape index (κ2) is 6.49. The van der Waals surface area contributed by atoms with Gasteiger partial charge in [-0.25, -0.2) is 5.84 Å². The van der Waals surface area contributed by atoms with E-state index in [0.29, 0.717) is 12.1 Å². The Hall–Kier alpha value is -1.92. The number of likely N-dealkylation sites (N-methyl/N-ethyl adjacent to an activating group) is 1. The van der Waals surface area contributed by atoms with Crippen LogP contribution in [-0.2, 0) is 11.3 Å². The monoisotopic (exact) mass is 276 g/mol. The normalized spacial score (nSPS) is 18.8. The van der Waals surface area contributed by atoms with E-state index < -0.39 is 0 Å². The van der Waals surface area contributed by atoms with Crippen LogP contribution in [0.3, 0.4) is 0 Å². The fraction of sp³-hybridized carbons (Fsp3) is 0.429. The first kappa shape index (κ1) is 14.5. The Kier molecular flexibility index (Phi) is 4.70. The molecule has 6 heteroatoms. The van der Waals surface area contributed by atoms with Gasteiger partial charge in [0.1, 0.15) is 0 Å². The van der Waals surface area contributed by atoms with E-state index in [1.54, 1.807) is 19.2 Å². The van der Waals surface area contributed by atoms with Crippen LogP contribution in [0.2, 0.25) is 0 Å². The minimum atomic E-state index is -0.305. The molecule has 0 spiro atoms. The van der Waals surface area contributed by atoms with Gasteiger partial charge in [-0.1, -0.05) is 12.1 Å². The van der Waals surface area contributed by atoms with Crippen LogP contribution in [0.5, 0.6) is 0 Å². The van der Waals surface area contributed by atoms with Crippen molar-refractivity contribution < 1.29 is 9.59 Å². The zero-order chi connectivity index (χ0) is 14.5. The van der Waals surface area contributed by atoms with E-state index in [2.05, 4.69) is 15.6 Å². The molecule has 2 rings (SSSR count). The predicted octanol–water partition coefficient (Wildman–Crippen LogP) is 0.000500. The maximum Gasteiger partial charge on any atom is 0.265 e. The van der Waals surface area contributed by atoms with Crippen molar-refractivity contribution in [3.05, 3.63) is 35.4 Å². The molecule has 1 aliphatic heterocycles. The highest BCUT2D eigenvalue weighted by molar-refractivity contribution is 5.93. The third-order valence-corrected chi connectivity index (χ3v) is 3.65. The number of carbonyl (C=O) groups excluding carboxylic acids is 2. The van der Waals surface area contributed by atoms with Gasteiger partial charge >= 0.3 is 0 Å². The lowest BCUT2D eigenvalue weighted by atomic mass is 10.1. The second-order valence-corrected chi connectivity index (χ2v) is 4.91. The largest absolute Gasteiger partial charge is 0.358 e. The van der Waals surface area contributed by atoms with Gasteiger partial charge in [-0.05, 0) is 37.1 Å².